The SMILES string of the molecule is CC(Nc1cccc(Cl)c1N(C)C)c1cc(F)cc(F)c1. The summed E-state index contributed by atoms with van der Waals surface area (Å²) in [6.45, 7) is 1.84. The number of halogens is 3. The van der Waals surface area contributed by atoms with Crippen molar-refractivity contribution >= 4 is 23.0 Å². The topological polar surface area (TPSA) is 15.3 Å². The lowest BCUT2D eigenvalue weighted by Gasteiger charge is -2.23. The number of hydrogen-bond acceptors (Lipinski definition) is 2. The number of nitrogens with one attached hydrogen (secondary N) is 1. The molecule has 0 saturated heterocycles. The minimum atomic E-state index is -0.586. The third-order valence-electron chi connectivity index (χ3n) is 3.19. The van der Waals surface area contributed by atoms with Crippen molar-refractivity contribution in [2.75, 3.05) is 24.3 Å². The molecule has 1 atom stereocenters. The van der Waals surface area contributed by atoms with Crippen LogP contribution in [0.25, 0.3) is 0 Å². The lowest BCUT2D eigenvalue weighted by molar-refractivity contribution is 0.577. The molecule has 112 valence electrons. The summed E-state index contributed by atoms with van der Waals surface area (Å²) >= 11 is 6.20. The number of anilines is 2. The van der Waals surface area contributed by atoms with E-state index in [0.29, 0.717) is 10.6 Å². The standard InChI is InChI=1S/C16H17ClF2N2/c1-10(11-7-12(18)9-13(19)8-11)20-15-6-4-5-14(17)16(15)21(2)3/h4-10,20H,1-3H3. The normalized spacial score (nSPS) is 12.1. The maximum absolute atomic E-state index is 13.3. The Hall–Kier alpha value is -1.81. The number of rotatable bonds is 4. The van der Waals surface area contributed by atoms with Gasteiger partial charge in [0.05, 0.1) is 16.4 Å². The highest BCUT2D eigenvalue weighted by Crippen LogP contribution is 2.34. The average molecular weight is 311 g/mol. The van der Waals surface area contributed by atoms with Gasteiger partial charge in [-0.05, 0) is 36.8 Å². The van der Waals surface area contributed by atoms with Crippen LogP contribution in [0.3, 0.4) is 0 Å². The van der Waals surface area contributed by atoms with Crippen LogP contribution in [0.1, 0.15) is 18.5 Å². The molecule has 0 aliphatic heterocycles. The monoisotopic (exact) mass is 310 g/mol. The van der Waals surface area contributed by atoms with E-state index in [1.54, 1.807) is 6.07 Å². The molecule has 1 unspecified atom stereocenters. The van der Waals surface area contributed by atoms with E-state index < -0.39 is 11.6 Å². The molecule has 0 aromatic heterocycles. The molecular formula is C16H17ClF2N2. The summed E-state index contributed by atoms with van der Waals surface area (Å²) in [5.74, 6) is -1.17. The van der Waals surface area contributed by atoms with Crippen LogP contribution < -0.4 is 10.2 Å². The van der Waals surface area contributed by atoms with Crippen LogP contribution in [0.2, 0.25) is 5.02 Å². The lowest BCUT2D eigenvalue weighted by Crippen LogP contribution is -2.14. The fourth-order valence-electron chi connectivity index (χ4n) is 2.23. The summed E-state index contributed by atoms with van der Waals surface area (Å²) in [6.07, 6.45) is 0. The predicted molar refractivity (Wildman–Crippen MR) is 84.2 cm³/mol. The Bertz CT molecular complexity index is 624. The molecule has 2 nitrogen and oxygen atoms in total. The minimum absolute atomic E-state index is 0.257. The average Bonchev–Trinajstić information content (AvgIpc) is 2.37. The van der Waals surface area contributed by atoms with Gasteiger partial charge in [-0.25, -0.2) is 8.78 Å². The summed E-state index contributed by atoms with van der Waals surface area (Å²) in [5, 5.41) is 3.86. The van der Waals surface area contributed by atoms with E-state index in [2.05, 4.69) is 5.32 Å². The summed E-state index contributed by atoms with van der Waals surface area (Å²) < 4.78 is 26.6. The van der Waals surface area contributed by atoms with Gasteiger partial charge in [0, 0.05) is 26.2 Å². The van der Waals surface area contributed by atoms with E-state index in [9.17, 15) is 8.78 Å². The first kappa shape index (κ1) is 15.6. The van der Waals surface area contributed by atoms with Gasteiger partial charge in [0.2, 0.25) is 0 Å². The van der Waals surface area contributed by atoms with Gasteiger partial charge >= 0.3 is 0 Å². The van der Waals surface area contributed by atoms with Crippen LogP contribution in [0, 0.1) is 11.6 Å². The van der Waals surface area contributed by atoms with Crippen LogP contribution in [0.4, 0.5) is 20.2 Å². The number of hydrogen-bond donors (Lipinski definition) is 1. The molecule has 0 radical (unpaired) electrons. The van der Waals surface area contributed by atoms with Crippen molar-refractivity contribution in [3.05, 3.63) is 58.6 Å². The Morgan fingerprint density at radius 1 is 1.10 bits per heavy atom. The van der Waals surface area contributed by atoms with Crippen LogP contribution in [0.5, 0.6) is 0 Å². The highest BCUT2D eigenvalue weighted by molar-refractivity contribution is 6.34. The van der Waals surface area contributed by atoms with Gasteiger partial charge < -0.3 is 10.2 Å². The zero-order valence-corrected chi connectivity index (χ0v) is 12.9. The Morgan fingerprint density at radius 3 is 2.29 bits per heavy atom. The highest BCUT2D eigenvalue weighted by atomic mass is 35.5. The Kier molecular flexibility index (Phi) is 4.68. The molecule has 0 amide bonds. The molecule has 1 N–H and O–H groups in total. The van der Waals surface area contributed by atoms with Crippen molar-refractivity contribution in [2.24, 2.45) is 0 Å². The van der Waals surface area contributed by atoms with E-state index >= 15 is 0 Å². The van der Waals surface area contributed by atoms with Gasteiger partial charge in [0.1, 0.15) is 11.6 Å². The summed E-state index contributed by atoms with van der Waals surface area (Å²) in [7, 11) is 3.78. The van der Waals surface area contributed by atoms with Crippen molar-refractivity contribution < 1.29 is 8.78 Å². The number of nitrogens with zero attached hydrogens (tertiary/aromatic N) is 1. The molecule has 2 aromatic rings. The summed E-state index contributed by atoms with van der Waals surface area (Å²) in [4.78, 5) is 1.89. The van der Waals surface area contributed by atoms with Crippen molar-refractivity contribution in [1.82, 2.24) is 0 Å². The van der Waals surface area contributed by atoms with E-state index in [4.69, 9.17) is 11.6 Å². The third kappa shape index (κ3) is 3.64. The van der Waals surface area contributed by atoms with E-state index in [1.807, 2.05) is 38.1 Å². The predicted octanol–water partition coefficient (Wildman–Crippen LogP) is 4.86. The number of benzene rings is 2. The van der Waals surface area contributed by atoms with Crippen LogP contribution in [-0.2, 0) is 0 Å². The van der Waals surface area contributed by atoms with Crippen molar-refractivity contribution in [1.29, 1.82) is 0 Å². The van der Waals surface area contributed by atoms with Gasteiger partial charge in [-0.2, -0.15) is 0 Å². The molecule has 2 aromatic carbocycles. The van der Waals surface area contributed by atoms with Gasteiger partial charge in [-0.1, -0.05) is 17.7 Å². The molecule has 0 spiro atoms. The molecular weight excluding hydrogens is 294 g/mol. The Labute approximate surface area is 128 Å². The van der Waals surface area contributed by atoms with E-state index in [1.165, 1.54) is 12.1 Å². The van der Waals surface area contributed by atoms with Crippen LogP contribution in [-0.4, -0.2) is 14.1 Å². The largest absolute Gasteiger partial charge is 0.377 e. The first-order chi connectivity index (χ1) is 9.88. The fourth-order valence-corrected chi connectivity index (χ4v) is 2.57. The second-order valence-electron chi connectivity index (χ2n) is 5.10. The first-order valence-electron chi connectivity index (χ1n) is 6.57. The third-order valence-corrected chi connectivity index (χ3v) is 3.50. The second-order valence-corrected chi connectivity index (χ2v) is 5.51. The Morgan fingerprint density at radius 2 is 1.71 bits per heavy atom. The molecule has 2 rings (SSSR count). The molecule has 0 aliphatic carbocycles. The lowest BCUT2D eigenvalue weighted by atomic mass is 10.1. The zero-order chi connectivity index (χ0) is 15.6. The fraction of sp³-hybridized carbons (Fsp3) is 0.250. The smallest absolute Gasteiger partial charge is 0.126 e. The van der Waals surface area contributed by atoms with Crippen LogP contribution >= 0.6 is 11.6 Å². The minimum Gasteiger partial charge on any atom is -0.377 e. The van der Waals surface area contributed by atoms with Gasteiger partial charge in [-0.3, -0.25) is 0 Å². The molecule has 0 bridgehead atoms. The maximum atomic E-state index is 13.3. The molecule has 0 fully saturated rings. The first-order valence-corrected chi connectivity index (χ1v) is 6.94. The van der Waals surface area contributed by atoms with Gasteiger partial charge in [-0.15, -0.1) is 0 Å². The second kappa shape index (κ2) is 6.31. The molecule has 5 heteroatoms. The molecule has 21 heavy (non-hydrogen) atoms. The quantitative estimate of drug-likeness (QED) is 0.867. The molecule has 0 saturated carbocycles. The van der Waals surface area contributed by atoms with E-state index in [-0.39, 0.29) is 6.04 Å². The summed E-state index contributed by atoms with van der Waals surface area (Å²) in [6, 6.07) is 8.76. The highest BCUT2D eigenvalue weighted by Gasteiger charge is 2.13. The summed E-state index contributed by atoms with van der Waals surface area (Å²) in [5.41, 5.74) is 2.18. The molecule has 0 heterocycles. The maximum Gasteiger partial charge on any atom is 0.126 e. The van der Waals surface area contributed by atoms with E-state index in [0.717, 1.165) is 17.4 Å². The van der Waals surface area contributed by atoms with Crippen LogP contribution in [0.15, 0.2) is 36.4 Å². The Balaban J connectivity index is 2.31. The zero-order valence-electron chi connectivity index (χ0n) is 12.1. The van der Waals surface area contributed by atoms with Crippen molar-refractivity contribution in [3.8, 4) is 0 Å². The van der Waals surface area contributed by atoms with Crippen molar-refractivity contribution in [2.45, 2.75) is 13.0 Å². The number of para-hydroxylation sites is 1. The van der Waals surface area contributed by atoms with Gasteiger partial charge in [0.15, 0.2) is 0 Å². The van der Waals surface area contributed by atoms with Gasteiger partial charge in [0.25, 0.3) is 0 Å². The van der Waals surface area contributed by atoms with Crippen molar-refractivity contribution in [3.63, 3.8) is 0 Å². The molecule has 0 aliphatic rings.